The van der Waals surface area contributed by atoms with Gasteiger partial charge in [-0.15, -0.1) is 0 Å². The smallest absolute Gasteiger partial charge is 0.368 e. The van der Waals surface area contributed by atoms with E-state index in [0.717, 1.165) is 49.6 Å². The molecule has 5 nitrogen and oxygen atoms in total. The largest absolute Gasteiger partial charge is 0.416 e. The van der Waals surface area contributed by atoms with Crippen LogP contribution in [0.1, 0.15) is 11.1 Å². The van der Waals surface area contributed by atoms with Crippen LogP contribution in [0.4, 0.5) is 24.5 Å². The van der Waals surface area contributed by atoms with Crippen molar-refractivity contribution in [3.8, 4) is 0 Å². The molecule has 0 radical (unpaired) electrons. The van der Waals surface area contributed by atoms with Gasteiger partial charge in [-0.05, 0) is 43.5 Å². The number of likely N-dealkylation sites (N-methyl/N-ethyl adjacent to an activating group) is 2. The highest BCUT2D eigenvalue weighted by Crippen LogP contribution is 2.32. The molecule has 2 aromatic rings. The van der Waals surface area contributed by atoms with Gasteiger partial charge >= 0.3 is 6.18 Å². The SMILES string of the molecule is CN1CCN(c2ccccc2C=C2C(=O)N(c3ccc(C(F)(F)F)cc3)CCN2C)CC1. The van der Waals surface area contributed by atoms with Crippen LogP contribution in [-0.2, 0) is 11.0 Å². The molecule has 2 aliphatic heterocycles. The Bertz CT molecular complexity index is 995. The molecule has 2 aromatic carbocycles. The molecule has 2 heterocycles. The Morgan fingerprint density at radius 3 is 2.16 bits per heavy atom. The maximum atomic E-state index is 13.3. The number of hydrogen-bond donors (Lipinski definition) is 0. The molecule has 2 fully saturated rings. The first-order chi connectivity index (χ1) is 15.2. The van der Waals surface area contributed by atoms with Crippen LogP contribution in [-0.4, -0.2) is 69.1 Å². The van der Waals surface area contributed by atoms with Crippen molar-refractivity contribution in [2.45, 2.75) is 6.18 Å². The Labute approximate surface area is 186 Å². The van der Waals surface area contributed by atoms with Crippen LogP contribution in [0, 0.1) is 0 Å². The van der Waals surface area contributed by atoms with Gasteiger partial charge in [0.2, 0.25) is 0 Å². The summed E-state index contributed by atoms with van der Waals surface area (Å²) in [4.78, 5) is 21.4. The Morgan fingerprint density at radius 1 is 0.844 bits per heavy atom. The number of piperazine rings is 2. The molecule has 0 bridgehead atoms. The molecular formula is C24H27F3N4O. The molecule has 0 unspecified atom stereocenters. The second kappa shape index (κ2) is 8.86. The third kappa shape index (κ3) is 4.60. The molecular weight excluding hydrogens is 417 g/mol. The first-order valence-corrected chi connectivity index (χ1v) is 10.7. The summed E-state index contributed by atoms with van der Waals surface area (Å²) in [6.45, 7) is 4.79. The lowest BCUT2D eigenvalue weighted by Crippen LogP contribution is -2.47. The van der Waals surface area contributed by atoms with Crippen molar-refractivity contribution in [1.29, 1.82) is 0 Å². The summed E-state index contributed by atoms with van der Waals surface area (Å²) in [6, 6.07) is 12.8. The molecule has 8 heteroatoms. The van der Waals surface area contributed by atoms with Gasteiger partial charge in [-0.1, -0.05) is 18.2 Å². The van der Waals surface area contributed by atoms with E-state index in [9.17, 15) is 18.0 Å². The molecule has 0 saturated carbocycles. The average molecular weight is 445 g/mol. The third-order valence-electron chi connectivity index (χ3n) is 6.11. The van der Waals surface area contributed by atoms with E-state index in [0.29, 0.717) is 24.5 Å². The number of amides is 1. The zero-order chi connectivity index (χ0) is 22.9. The van der Waals surface area contributed by atoms with Gasteiger partial charge in [0.15, 0.2) is 0 Å². The molecule has 170 valence electrons. The van der Waals surface area contributed by atoms with Crippen molar-refractivity contribution in [3.05, 3.63) is 65.4 Å². The van der Waals surface area contributed by atoms with Crippen molar-refractivity contribution >= 4 is 23.4 Å². The van der Waals surface area contributed by atoms with Gasteiger partial charge in [0.1, 0.15) is 5.70 Å². The average Bonchev–Trinajstić information content (AvgIpc) is 2.77. The number of halogens is 3. The molecule has 0 aliphatic carbocycles. The van der Waals surface area contributed by atoms with Crippen LogP contribution >= 0.6 is 0 Å². The van der Waals surface area contributed by atoms with Crippen LogP contribution < -0.4 is 9.80 Å². The molecule has 2 saturated heterocycles. The molecule has 0 N–H and O–H groups in total. The van der Waals surface area contributed by atoms with E-state index in [4.69, 9.17) is 0 Å². The van der Waals surface area contributed by atoms with Gasteiger partial charge in [0.05, 0.1) is 5.56 Å². The maximum absolute atomic E-state index is 13.3. The zero-order valence-corrected chi connectivity index (χ0v) is 18.3. The van der Waals surface area contributed by atoms with Crippen LogP contribution in [0.2, 0.25) is 0 Å². The van der Waals surface area contributed by atoms with E-state index in [1.807, 2.05) is 36.2 Å². The van der Waals surface area contributed by atoms with Crippen molar-refractivity contribution in [2.75, 3.05) is 63.2 Å². The maximum Gasteiger partial charge on any atom is 0.416 e. The Balaban J connectivity index is 1.62. The Morgan fingerprint density at radius 2 is 1.50 bits per heavy atom. The van der Waals surface area contributed by atoms with Gasteiger partial charge in [0.25, 0.3) is 5.91 Å². The topological polar surface area (TPSA) is 30.0 Å². The highest BCUT2D eigenvalue weighted by atomic mass is 19.4. The normalized spacial score (nSPS) is 19.7. The predicted octanol–water partition coefficient (Wildman–Crippen LogP) is 3.78. The number of para-hydroxylation sites is 1. The van der Waals surface area contributed by atoms with Gasteiger partial charge in [-0.25, -0.2) is 0 Å². The van der Waals surface area contributed by atoms with Gasteiger partial charge in [-0.2, -0.15) is 13.2 Å². The summed E-state index contributed by atoms with van der Waals surface area (Å²) in [5.41, 5.74) is 2.31. The van der Waals surface area contributed by atoms with Gasteiger partial charge in [-0.3, -0.25) is 4.79 Å². The number of benzene rings is 2. The number of nitrogens with zero attached hydrogens (tertiary/aromatic N) is 4. The van der Waals surface area contributed by atoms with Crippen LogP contribution in [0.15, 0.2) is 54.2 Å². The lowest BCUT2D eigenvalue weighted by molar-refractivity contribution is -0.137. The van der Waals surface area contributed by atoms with Crippen molar-refractivity contribution < 1.29 is 18.0 Å². The molecule has 2 aliphatic rings. The highest BCUT2D eigenvalue weighted by molar-refractivity contribution is 6.09. The number of anilines is 2. The first kappa shape index (κ1) is 22.2. The number of alkyl halides is 3. The minimum absolute atomic E-state index is 0.216. The molecule has 32 heavy (non-hydrogen) atoms. The fourth-order valence-corrected chi connectivity index (χ4v) is 4.11. The third-order valence-corrected chi connectivity index (χ3v) is 6.11. The number of rotatable bonds is 3. The van der Waals surface area contributed by atoms with E-state index in [1.165, 1.54) is 12.1 Å². The summed E-state index contributed by atoms with van der Waals surface area (Å²) >= 11 is 0. The first-order valence-electron chi connectivity index (χ1n) is 10.7. The number of carbonyl (C=O) groups excluding carboxylic acids is 1. The lowest BCUT2D eigenvalue weighted by Gasteiger charge is -2.36. The molecule has 1 amide bonds. The zero-order valence-electron chi connectivity index (χ0n) is 18.3. The van der Waals surface area contributed by atoms with Crippen LogP contribution in [0.25, 0.3) is 6.08 Å². The quantitative estimate of drug-likeness (QED) is 0.675. The summed E-state index contributed by atoms with van der Waals surface area (Å²) in [6.07, 6.45) is -2.51. The standard InChI is InChI=1S/C24H27F3N4O/c1-28-11-14-30(15-12-28)21-6-4-3-5-18(21)17-22-23(32)31(16-13-29(22)2)20-9-7-19(8-10-20)24(25,26)27/h3-10,17H,11-16H2,1-2H3. The van der Waals surface area contributed by atoms with E-state index < -0.39 is 11.7 Å². The van der Waals surface area contributed by atoms with E-state index in [-0.39, 0.29) is 5.91 Å². The molecule has 0 atom stereocenters. The number of hydrogen-bond acceptors (Lipinski definition) is 4. The Hall–Kier alpha value is -3.00. The minimum Gasteiger partial charge on any atom is -0.368 e. The van der Waals surface area contributed by atoms with E-state index in [2.05, 4.69) is 22.9 Å². The fraction of sp³-hybridized carbons (Fsp3) is 0.375. The Kier molecular flexibility index (Phi) is 6.15. The summed E-state index contributed by atoms with van der Waals surface area (Å²) in [5, 5.41) is 0. The van der Waals surface area contributed by atoms with Crippen molar-refractivity contribution in [3.63, 3.8) is 0 Å². The summed E-state index contributed by atoms with van der Waals surface area (Å²) in [5.74, 6) is -0.216. The molecule has 0 aromatic heterocycles. The molecule has 0 spiro atoms. The van der Waals surface area contributed by atoms with Crippen LogP contribution in [0.3, 0.4) is 0 Å². The van der Waals surface area contributed by atoms with Gasteiger partial charge < -0.3 is 19.6 Å². The predicted molar refractivity (Wildman–Crippen MR) is 121 cm³/mol. The van der Waals surface area contributed by atoms with Crippen molar-refractivity contribution in [1.82, 2.24) is 9.80 Å². The second-order valence-electron chi connectivity index (χ2n) is 8.30. The van der Waals surface area contributed by atoms with Crippen molar-refractivity contribution in [2.24, 2.45) is 0 Å². The van der Waals surface area contributed by atoms with E-state index in [1.54, 1.807) is 4.90 Å². The highest BCUT2D eigenvalue weighted by Gasteiger charge is 2.32. The fourth-order valence-electron chi connectivity index (χ4n) is 4.11. The second-order valence-corrected chi connectivity index (χ2v) is 8.30. The van der Waals surface area contributed by atoms with Gasteiger partial charge in [0, 0.05) is 63.3 Å². The minimum atomic E-state index is -4.40. The molecule has 4 rings (SSSR count). The summed E-state index contributed by atoms with van der Waals surface area (Å²) in [7, 11) is 3.98. The van der Waals surface area contributed by atoms with E-state index >= 15 is 0 Å². The van der Waals surface area contributed by atoms with Crippen LogP contribution in [0.5, 0.6) is 0 Å². The number of carbonyl (C=O) groups is 1. The lowest BCUT2D eigenvalue weighted by atomic mass is 10.1. The monoisotopic (exact) mass is 444 g/mol. The summed E-state index contributed by atoms with van der Waals surface area (Å²) < 4.78 is 38.7.